The van der Waals surface area contributed by atoms with Crippen molar-refractivity contribution in [1.29, 1.82) is 0 Å². The van der Waals surface area contributed by atoms with E-state index < -0.39 is 0 Å². The van der Waals surface area contributed by atoms with Gasteiger partial charge in [-0.2, -0.15) is 0 Å². The standard InChI is InChI=1S/C20H26N4O2/c1-4-24(16-8-5-7-14(2)11-16)19(25)18-12-15(3)22-20(23-18)21-13-17-9-6-10-26-17/h5,7-8,11-12,17H,4,6,9-10,13H2,1-3H3,(H,21,22,23). The van der Waals surface area contributed by atoms with Gasteiger partial charge >= 0.3 is 0 Å². The van der Waals surface area contributed by atoms with Crippen molar-refractivity contribution in [2.45, 2.75) is 39.7 Å². The van der Waals surface area contributed by atoms with Crippen molar-refractivity contribution in [3.8, 4) is 0 Å². The van der Waals surface area contributed by atoms with Crippen LogP contribution >= 0.6 is 0 Å². The van der Waals surface area contributed by atoms with Crippen molar-refractivity contribution >= 4 is 17.5 Å². The van der Waals surface area contributed by atoms with Crippen LogP contribution in [-0.2, 0) is 4.74 Å². The van der Waals surface area contributed by atoms with Gasteiger partial charge in [-0.3, -0.25) is 4.79 Å². The van der Waals surface area contributed by atoms with Crippen LogP contribution in [0.25, 0.3) is 0 Å². The van der Waals surface area contributed by atoms with Crippen molar-refractivity contribution in [2.75, 3.05) is 29.9 Å². The van der Waals surface area contributed by atoms with Crippen molar-refractivity contribution in [3.63, 3.8) is 0 Å². The maximum atomic E-state index is 13.0. The number of aromatic nitrogens is 2. The number of nitrogens with zero attached hydrogens (tertiary/aromatic N) is 3. The second-order valence-corrected chi connectivity index (χ2v) is 6.62. The summed E-state index contributed by atoms with van der Waals surface area (Å²) in [4.78, 5) is 23.6. The Morgan fingerprint density at radius 2 is 2.15 bits per heavy atom. The third kappa shape index (κ3) is 4.38. The summed E-state index contributed by atoms with van der Waals surface area (Å²) < 4.78 is 5.61. The van der Waals surface area contributed by atoms with E-state index in [4.69, 9.17) is 4.74 Å². The molecule has 1 aromatic carbocycles. The number of aryl methyl sites for hydroxylation is 2. The van der Waals surface area contributed by atoms with E-state index in [0.717, 1.165) is 36.4 Å². The average molecular weight is 354 g/mol. The summed E-state index contributed by atoms with van der Waals surface area (Å²) in [5, 5.41) is 3.21. The predicted molar refractivity (Wildman–Crippen MR) is 103 cm³/mol. The molecule has 1 unspecified atom stereocenters. The maximum Gasteiger partial charge on any atom is 0.277 e. The number of hydrogen-bond donors (Lipinski definition) is 1. The molecule has 2 aromatic rings. The number of rotatable bonds is 6. The lowest BCUT2D eigenvalue weighted by Crippen LogP contribution is -2.32. The highest BCUT2D eigenvalue weighted by Gasteiger charge is 2.20. The molecule has 1 atom stereocenters. The van der Waals surface area contributed by atoms with Crippen LogP contribution in [0.2, 0.25) is 0 Å². The monoisotopic (exact) mass is 354 g/mol. The minimum Gasteiger partial charge on any atom is -0.376 e. The first-order valence-corrected chi connectivity index (χ1v) is 9.16. The van der Waals surface area contributed by atoms with Gasteiger partial charge in [-0.15, -0.1) is 0 Å². The molecule has 1 N–H and O–H groups in total. The topological polar surface area (TPSA) is 67.4 Å². The summed E-state index contributed by atoms with van der Waals surface area (Å²) in [5.74, 6) is 0.355. The van der Waals surface area contributed by atoms with Gasteiger partial charge in [0.2, 0.25) is 5.95 Å². The Morgan fingerprint density at radius 1 is 1.31 bits per heavy atom. The smallest absolute Gasteiger partial charge is 0.277 e. The van der Waals surface area contributed by atoms with Crippen molar-refractivity contribution in [2.24, 2.45) is 0 Å². The van der Waals surface area contributed by atoms with Gasteiger partial charge in [-0.05, 0) is 57.4 Å². The largest absolute Gasteiger partial charge is 0.376 e. The molecule has 1 amide bonds. The summed E-state index contributed by atoms with van der Waals surface area (Å²) >= 11 is 0. The molecule has 0 radical (unpaired) electrons. The summed E-state index contributed by atoms with van der Waals surface area (Å²) in [6.45, 7) is 7.90. The molecule has 0 aliphatic carbocycles. The SMILES string of the molecule is CCN(C(=O)c1cc(C)nc(NCC2CCCO2)n1)c1cccc(C)c1. The highest BCUT2D eigenvalue weighted by Crippen LogP contribution is 2.19. The average Bonchev–Trinajstić information content (AvgIpc) is 3.14. The van der Waals surface area contributed by atoms with E-state index in [1.54, 1.807) is 11.0 Å². The Balaban J connectivity index is 1.79. The van der Waals surface area contributed by atoms with Crippen LogP contribution in [0.5, 0.6) is 0 Å². The molecule has 2 heterocycles. The number of ether oxygens (including phenoxy) is 1. The molecule has 1 aliphatic heterocycles. The van der Waals surface area contributed by atoms with E-state index in [1.165, 1.54) is 0 Å². The summed E-state index contributed by atoms with van der Waals surface area (Å²) in [5.41, 5.74) is 3.16. The zero-order chi connectivity index (χ0) is 18.5. The fourth-order valence-electron chi connectivity index (χ4n) is 3.15. The summed E-state index contributed by atoms with van der Waals surface area (Å²) in [6, 6.07) is 9.66. The van der Waals surface area contributed by atoms with E-state index >= 15 is 0 Å². The van der Waals surface area contributed by atoms with Crippen LogP contribution in [-0.4, -0.2) is 41.7 Å². The maximum absolute atomic E-state index is 13.0. The fraction of sp³-hybridized carbons (Fsp3) is 0.450. The molecule has 1 aromatic heterocycles. The van der Waals surface area contributed by atoms with E-state index in [-0.39, 0.29) is 12.0 Å². The van der Waals surface area contributed by atoms with Crippen molar-refractivity contribution < 1.29 is 9.53 Å². The number of carbonyl (C=O) groups is 1. The zero-order valence-electron chi connectivity index (χ0n) is 15.7. The minimum absolute atomic E-state index is 0.122. The highest BCUT2D eigenvalue weighted by molar-refractivity contribution is 6.05. The van der Waals surface area contributed by atoms with Crippen molar-refractivity contribution in [3.05, 3.63) is 47.3 Å². The highest BCUT2D eigenvalue weighted by atomic mass is 16.5. The molecule has 3 rings (SSSR count). The molecule has 0 saturated carbocycles. The number of nitrogens with one attached hydrogen (secondary N) is 1. The lowest BCUT2D eigenvalue weighted by Gasteiger charge is -2.21. The van der Waals surface area contributed by atoms with Gasteiger partial charge in [0, 0.05) is 31.1 Å². The Kier molecular flexibility index (Phi) is 5.83. The Bertz CT molecular complexity index is 772. The molecule has 1 saturated heterocycles. The molecule has 0 spiro atoms. The quantitative estimate of drug-likeness (QED) is 0.862. The van der Waals surface area contributed by atoms with Gasteiger partial charge in [-0.1, -0.05) is 12.1 Å². The molecule has 1 fully saturated rings. The molecular formula is C20H26N4O2. The number of amides is 1. The first kappa shape index (κ1) is 18.3. The van der Waals surface area contributed by atoms with Gasteiger partial charge in [-0.25, -0.2) is 9.97 Å². The summed E-state index contributed by atoms with van der Waals surface area (Å²) in [7, 11) is 0. The normalized spacial score (nSPS) is 16.5. The zero-order valence-corrected chi connectivity index (χ0v) is 15.7. The minimum atomic E-state index is -0.122. The number of carbonyl (C=O) groups excluding carboxylic acids is 1. The van der Waals surface area contributed by atoms with Crippen LogP contribution in [0.1, 0.15) is 41.5 Å². The third-order valence-electron chi connectivity index (χ3n) is 4.46. The number of hydrogen-bond acceptors (Lipinski definition) is 5. The molecule has 0 bridgehead atoms. The van der Waals surface area contributed by atoms with Gasteiger partial charge in [0.1, 0.15) is 5.69 Å². The van der Waals surface area contributed by atoms with E-state index in [9.17, 15) is 4.79 Å². The second-order valence-electron chi connectivity index (χ2n) is 6.62. The van der Waals surface area contributed by atoms with Crippen molar-refractivity contribution in [1.82, 2.24) is 9.97 Å². The third-order valence-corrected chi connectivity index (χ3v) is 4.46. The van der Waals surface area contributed by atoms with Gasteiger partial charge < -0.3 is 15.0 Å². The van der Waals surface area contributed by atoms with Gasteiger partial charge in [0.15, 0.2) is 0 Å². The lowest BCUT2D eigenvalue weighted by atomic mass is 10.2. The van der Waals surface area contributed by atoms with Crippen LogP contribution in [0.3, 0.4) is 0 Å². The molecular weight excluding hydrogens is 328 g/mol. The fourth-order valence-corrected chi connectivity index (χ4v) is 3.15. The van der Waals surface area contributed by atoms with Gasteiger partial charge in [0.05, 0.1) is 6.10 Å². The Morgan fingerprint density at radius 3 is 2.85 bits per heavy atom. The molecule has 6 heteroatoms. The first-order chi connectivity index (χ1) is 12.6. The number of anilines is 2. The van der Waals surface area contributed by atoms with E-state index in [1.807, 2.05) is 45.0 Å². The van der Waals surface area contributed by atoms with Crippen LogP contribution < -0.4 is 10.2 Å². The van der Waals surface area contributed by atoms with E-state index in [0.29, 0.717) is 24.7 Å². The lowest BCUT2D eigenvalue weighted by molar-refractivity contribution is 0.0983. The van der Waals surface area contributed by atoms with Gasteiger partial charge in [0.25, 0.3) is 5.91 Å². The summed E-state index contributed by atoms with van der Waals surface area (Å²) in [6.07, 6.45) is 2.33. The molecule has 6 nitrogen and oxygen atoms in total. The first-order valence-electron chi connectivity index (χ1n) is 9.16. The second kappa shape index (κ2) is 8.27. The molecule has 26 heavy (non-hydrogen) atoms. The Hall–Kier alpha value is -2.47. The predicted octanol–water partition coefficient (Wildman–Crippen LogP) is 3.35. The van der Waals surface area contributed by atoms with E-state index in [2.05, 4.69) is 15.3 Å². The van der Waals surface area contributed by atoms with Crippen LogP contribution in [0.4, 0.5) is 11.6 Å². The molecule has 1 aliphatic rings. The Labute approximate surface area is 154 Å². The van der Waals surface area contributed by atoms with Crippen LogP contribution in [0, 0.1) is 13.8 Å². The van der Waals surface area contributed by atoms with Crippen LogP contribution in [0.15, 0.2) is 30.3 Å². The number of benzene rings is 1. The molecule has 138 valence electrons.